The molecule has 0 saturated heterocycles. The van der Waals surface area contributed by atoms with Gasteiger partial charge in [0.1, 0.15) is 5.82 Å². The number of anilines is 1. The van der Waals surface area contributed by atoms with E-state index in [-0.39, 0.29) is 13.0 Å². The summed E-state index contributed by atoms with van der Waals surface area (Å²) in [6.45, 7) is 0.286. The molecule has 2 rings (SSSR count). The first-order valence-corrected chi connectivity index (χ1v) is 4.94. The van der Waals surface area contributed by atoms with Crippen LogP contribution in [0.25, 0.3) is 0 Å². The first kappa shape index (κ1) is 11.5. The van der Waals surface area contributed by atoms with Gasteiger partial charge in [-0.05, 0) is 24.1 Å². The third-order valence-electron chi connectivity index (χ3n) is 2.33. The molecule has 0 unspecified atom stereocenters. The standard InChI is InChI=1S/C11H10F3N3/c12-8-2-1-7(3-9(13)11(8)14)4-17-5-10(15)16-6-17/h2-3,5-6H,1,4,15H2. The van der Waals surface area contributed by atoms with Crippen molar-refractivity contribution in [1.29, 1.82) is 0 Å². The van der Waals surface area contributed by atoms with E-state index in [1.54, 1.807) is 10.8 Å². The normalized spacial score (nSPS) is 16.6. The lowest BCUT2D eigenvalue weighted by atomic mass is 10.2. The highest BCUT2D eigenvalue weighted by molar-refractivity contribution is 5.35. The maximum absolute atomic E-state index is 13.1. The number of nitrogens with zero attached hydrogens (tertiary/aromatic N) is 2. The largest absolute Gasteiger partial charge is 0.382 e. The average molecular weight is 241 g/mol. The number of rotatable bonds is 2. The highest BCUT2D eigenvalue weighted by atomic mass is 19.2. The Morgan fingerprint density at radius 1 is 1.35 bits per heavy atom. The molecule has 6 heteroatoms. The van der Waals surface area contributed by atoms with Gasteiger partial charge in [0.05, 0.1) is 6.33 Å². The minimum atomic E-state index is -1.45. The van der Waals surface area contributed by atoms with Crippen LogP contribution in [-0.2, 0) is 6.54 Å². The molecular formula is C11H10F3N3. The monoisotopic (exact) mass is 241 g/mol. The molecule has 0 aliphatic heterocycles. The predicted octanol–water partition coefficient (Wildman–Crippen LogP) is 2.80. The van der Waals surface area contributed by atoms with Gasteiger partial charge < -0.3 is 10.3 Å². The number of hydrogen-bond acceptors (Lipinski definition) is 2. The minimum Gasteiger partial charge on any atom is -0.382 e. The number of nitrogens with two attached hydrogens (primary N) is 1. The second kappa shape index (κ2) is 4.48. The summed E-state index contributed by atoms with van der Waals surface area (Å²) in [5.74, 6) is -3.48. The minimum absolute atomic E-state index is 0.144. The van der Waals surface area contributed by atoms with Gasteiger partial charge >= 0.3 is 0 Å². The van der Waals surface area contributed by atoms with Crippen LogP contribution in [-0.4, -0.2) is 9.55 Å². The van der Waals surface area contributed by atoms with Gasteiger partial charge in [-0.2, -0.15) is 0 Å². The number of imidazole rings is 1. The summed E-state index contributed by atoms with van der Waals surface area (Å²) in [6.07, 6.45) is 5.18. The van der Waals surface area contributed by atoms with Crippen molar-refractivity contribution in [2.75, 3.05) is 5.73 Å². The Labute approximate surface area is 95.8 Å². The van der Waals surface area contributed by atoms with E-state index in [0.29, 0.717) is 11.4 Å². The van der Waals surface area contributed by atoms with Crippen molar-refractivity contribution >= 4 is 5.82 Å². The summed E-state index contributed by atoms with van der Waals surface area (Å²) in [5.41, 5.74) is 5.95. The zero-order valence-corrected chi connectivity index (χ0v) is 8.83. The van der Waals surface area contributed by atoms with E-state index in [1.807, 2.05) is 0 Å². The van der Waals surface area contributed by atoms with Gasteiger partial charge in [0.2, 0.25) is 0 Å². The Bertz CT molecular complexity index is 526. The van der Waals surface area contributed by atoms with Crippen LogP contribution in [0.4, 0.5) is 19.0 Å². The van der Waals surface area contributed by atoms with E-state index in [2.05, 4.69) is 4.98 Å². The topological polar surface area (TPSA) is 43.8 Å². The SMILES string of the molecule is Nc1cn(CC2=CC(F)=C(F)C(F)=CC2)cn1. The summed E-state index contributed by atoms with van der Waals surface area (Å²) >= 11 is 0. The van der Waals surface area contributed by atoms with Crippen LogP contribution in [0, 0.1) is 0 Å². The van der Waals surface area contributed by atoms with E-state index in [9.17, 15) is 13.2 Å². The smallest absolute Gasteiger partial charge is 0.194 e. The molecule has 17 heavy (non-hydrogen) atoms. The molecule has 0 atom stereocenters. The molecular weight excluding hydrogens is 231 g/mol. The summed E-state index contributed by atoms with van der Waals surface area (Å²) in [4.78, 5) is 3.80. The Morgan fingerprint density at radius 3 is 2.76 bits per heavy atom. The van der Waals surface area contributed by atoms with E-state index >= 15 is 0 Å². The maximum atomic E-state index is 13.1. The Morgan fingerprint density at radius 2 is 2.12 bits per heavy atom. The number of halogens is 3. The molecule has 0 bridgehead atoms. The first-order valence-electron chi connectivity index (χ1n) is 4.94. The molecule has 0 spiro atoms. The third-order valence-corrected chi connectivity index (χ3v) is 2.33. The molecule has 1 aliphatic carbocycles. The van der Waals surface area contributed by atoms with Crippen LogP contribution in [0.2, 0.25) is 0 Å². The summed E-state index contributed by atoms with van der Waals surface area (Å²) in [5, 5.41) is 0. The molecule has 1 aromatic heterocycles. The van der Waals surface area contributed by atoms with Crippen LogP contribution in [0.1, 0.15) is 6.42 Å². The average Bonchev–Trinajstić information content (AvgIpc) is 2.65. The van der Waals surface area contributed by atoms with Gasteiger partial charge in [-0.25, -0.2) is 18.2 Å². The quantitative estimate of drug-likeness (QED) is 0.865. The molecule has 0 amide bonds. The number of nitrogen functional groups attached to an aromatic ring is 1. The predicted molar refractivity (Wildman–Crippen MR) is 57.8 cm³/mol. The van der Waals surface area contributed by atoms with Crippen LogP contribution in [0.5, 0.6) is 0 Å². The molecule has 3 nitrogen and oxygen atoms in total. The fourth-order valence-corrected chi connectivity index (χ4v) is 1.53. The van der Waals surface area contributed by atoms with Crippen LogP contribution in [0.3, 0.4) is 0 Å². The Kier molecular flexibility index (Phi) is 3.03. The molecule has 0 saturated carbocycles. The molecule has 1 aromatic rings. The zero-order chi connectivity index (χ0) is 12.4. The Balaban J connectivity index is 2.21. The number of hydrogen-bond donors (Lipinski definition) is 1. The van der Waals surface area contributed by atoms with E-state index in [0.717, 1.165) is 12.2 Å². The van der Waals surface area contributed by atoms with Crippen molar-refractivity contribution < 1.29 is 13.2 Å². The summed E-state index contributed by atoms with van der Waals surface area (Å²) < 4.78 is 40.6. The summed E-state index contributed by atoms with van der Waals surface area (Å²) in [7, 11) is 0. The maximum Gasteiger partial charge on any atom is 0.194 e. The Hall–Kier alpha value is -1.98. The molecule has 90 valence electrons. The lowest BCUT2D eigenvalue weighted by molar-refractivity contribution is 0.504. The molecule has 0 fully saturated rings. The molecule has 0 radical (unpaired) electrons. The van der Waals surface area contributed by atoms with E-state index in [4.69, 9.17) is 5.73 Å². The second-order valence-electron chi connectivity index (χ2n) is 3.69. The van der Waals surface area contributed by atoms with Gasteiger partial charge in [0, 0.05) is 12.7 Å². The van der Waals surface area contributed by atoms with Crippen molar-refractivity contribution in [3.8, 4) is 0 Å². The van der Waals surface area contributed by atoms with E-state index in [1.165, 1.54) is 6.33 Å². The number of allylic oxidation sites excluding steroid dienone is 6. The zero-order valence-electron chi connectivity index (χ0n) is 8.83. The van der Waals surface area contributed by atoms with Crippen molar-refractivity contribution in [1.82, 2.24) is 9.55 Å². The molecule has 0 aromatic carbocycles. The lowest BCUT2D eigenvalue weighted by Crippen LogP contribution is -1.98. The number of aromatic nitrogens is 2. The molecule has 2 N–H and O–H groups in total. The summed E-state index contributed by atoms with van der Waals surface area (Å²) in [6, 6.07) is 0. The molecule has 1 aliphatic rings. The van der Waals surface area contributed by atoms with Crippen LogP contribution >= 0.6 is 0 Å². The first-order chi connectivity index (χ1) is 8.06. The van der Waals surface area contributed by atoms with Gasteiger partial charge in [-0.15, -0.1) is 0 Å². The lowest BCUT2D eigenvalue weighted by Gasteiger charge is -2.04. The highest BCUT2D eigenvalue weighted by Gasteiger charge is 2.14. The van der Waals surface area contributed by atoms with Crippen LogP contribution in [0.15, 0.2) is 47.7 Å². The fraction of sp³-hybridized carbons (Fsp3) is 0.182. The van der Waals surface area contributed by atoms with E-state index < -0.39 is 17.5 Å². The second-order valence-corrected chi connectivity index (χ2v) is 3.69. The third kappa shape index (κ3) is 2.58. The van der Waals surface area contributed by atoms with Crippen molar-refractivity contribution in [2.24, 2.45) is 0 Å². The van der Waals surface area contributed by atoms with Gasteiger partial charge in [0.15, 0.2) is 17.5 Å². The highest BCUT2D eigenvalue weighted by Crippen LogP contribution is 2.26. The fourth-order valence-electron chi connectivity index (χ4n) is 1.53. The van der Waals surface area contributed by atoms with Crippen molar-refractivity contribution in [2.45, 2.75) is 13.0 Å². The van der Waals surface area contributed by atoms with Gasteiger partial charge in [0.25, 0.3) is 0 Å². The van der Waals surface area contributed by atoms with Crippen molar-refractivity contribution in [3.05, 3.63) is 47.7 Å². The van der Waals surface area contributed by atoms with Gasteiger partial charge in [-0.1, -0.05) is 0 Å². The van der Waals surface area contributed by atoms with Crippen molar-refractivity contribution in [3.63, 3.8) is 0 Å². The molecule has 1 heterocycles. The van der Waals surface area contributed by atoms with Gasteiger partial charge in [-0.3, -0.25) is 0 Å². The van der Waals surface area contributed by atoms with Crippen LogP contribution < -0.4 is 5.73 Å².